The molecule has 4 nitrogen and oxygen atoms in total. The second-order valence-corrected chi connectivity index (χ2v) is 5.90. The van der Waals surface area contributed by atoms with Crippen LogP contribution in [0.1, 0.15) is 17.2 Å². The Hall–Kier alpha value is -2.30. The van der Waals surface area contributed by atoms with Crippen molar-refractivity contribution in [3.8, 4) is 5.75 Å². The number of rotatable bonds is 7. The topological polar surface area (TPSA) is 36.3 Å². The van der Waals surface area contributed by atoms with Crippen LogP contribution < -0.4 is 4.74 Å². The third-order valence-electron chi connectivity index (χ3n) is 3.74. The van der Waals surface area contributed by atoms with Gasteiger partial charge < -0.3 is 14.0 Å². The number of halogens is 1. The van der Waals surface area contributed by atoms with Crippen molar-refractivity contribution in [2.75, 3.05) is 7.11 Å². The first-order valence-electron chi connectivity index (χ1n) is 7.70. The summed E-state index contributed by atoms with van der Waals surface area (Å²) in [6.07, 6.45) is 5.35. The minimum Gasteiger partial charge on any atom is -0.497 e. The van der Waals surface area contributed by atoms with Gasteiger partial charge in [-0.1, -0.05) is 35.9 Å². The lowest BCUT2D eigenvalue weighted by Gasteiger charge is -2.19. The summed E-state index contributed by atoms with van der Waals surface area (Å²) in [4.78, 5) is 4.09. The zero-order valence-corrected chi connectivity index (χ0v) is 14.2. The molecule has 0 N–H and O–H groups in total. The van der Waals surface area contributed by atoms with E-state index in [1.165, 1.54) is 0 Å². The molecule has 5 heteroatoms. The van der Waals surface area contributed by atoms with E-state index < -0.39 is 0 Å². The van der Waals surface area contributed by atoms with E-state index in [-0.39, 0.29) is 6.10 Å². The number of hydrogen-bond acceptors (Lipinski definition) is 3. The lowest BCUT2D eigenvalue weighted by molar-refractivity contribution is 0.0279. The largest absolute Gasteiger partial charge is 0.497 e. The molecule has 24 heavy (non-hydrogen) atoms. The highest BCUT2D eigenvalue weighted by atomic mass is 35.5. The summed E-state index contributed by atoms with van der Waals surface area (Å²) < 4.78 is 13.4. The predicted octanol–water partition coefficient (Wildman–Crippen LogP) is 4.50. The van der Waals surface area contributed by atoms with Crippen LogP contribution in [0.4, 0.5) is 0 Å². The van der Waals surface area contributed by atoms with Crippen molar-refractivity contribution in [3.05, 3.63) is 83.4 Å². The zero-order chi connectivity index (χ0) is 16.8. The van der Waals surface area contributed by atoms with Crippen LogP contribution in [0.15, 0.2) is 67.3 Å². The molecular weight excluding hydrogens is 324 g/mol. The molecule has 1 aromatic heterocycles. The lowest BCUT2D eigenvalue weighted by atomic mass is 10.1. The van der Waals surface area contributed by atoms with Gasteiger partial charge in [-0.3, -0.25) is 0 Å². The van der Waals surface area contributed by atoms with Crippen molar-refractivity contribution in [1.82, 2.24) is 9.55 Å². The van der Waals surface area contributed by atoms with Crippen LogP contribution in [0.25, 0.3) is 0 Å². The number of methoxy groups -OCH3 is 1. The lowest BCUT2D eigenvalue weighted by Crippen LogP contribution is -2.12. The Labute approximate surface area is 146 Å². The van der Waals surface area contributed by atoms with Crippen LogP contribution in [-0.4, -0.2) is 16.7 Å². The Bertz CT molecular complexity index is 775. The standard InChI is InChI=1S/C19H19ClN2O2/c1-23-18-7-2-4-15(10-18)13-24-19(12-22-9-8-21-14-22)16-5-3-6-17(20)11-16/h2-11,14,19H,12-13H2,1H3. The van der Waals surface area contributed by atoms with Gasteiger partial charge in [0.1, 0.15) is 11.9 Å². The van der Waals surface area contributed by atoms with E-state index in [2.05, 4.69) is 4.98 Å². The van der Waals surface area contributed by atoms with Gasteiger partial charge in [0.25, 0.3) is 0 Å². The molecule has 0 aliphatic carbocycles. The highest BCUT2D eigenvalue weighted by molar-refractivity contribution is 6.30. The molecule has 0 spiro atoms. The Balaban J connectivity index is 1.76. The van der Waals surface area contributed by atoms with Crippen molar-refractivity contribution < 1.29 is 9.47 Å². The summed E-state index contributed by atoms with van der Waals surface area (Å²) >= 11 is 6.14. The van der Waals surface area contributed by atoms with Gasteiger partial charge in [0.15, 0.2) is 0 Å². The van der Waals surface area contributed by atoms with Gasteiger partial charge in [-0.15, -0.1) is 0 Å². The molecule has 1 heterocycles. The second-order valence-electron chi connectivity index (χ2n) is 5.47. The molecule has 0 saturated heterocycles. The first kappa shape index (κ1) is 16.6. The molecule has 0 aliphatic rings. The van der Waals surface area contributed by atoms with E-state index in [0.29, 0.717) is 18.2 Å². The summed E-state index contributed by atoms with van der Waals surface area (Å²) in [5.74, 6) is 0.824. The SMILES string of the molecule is COc1cccc(COC(Cn2ccnc2)c2cccc(Cl)c2)c1. The van der Waals surface area contributed by atoms with E-state index >= 15 is 0 Å². The average molecular weight is 343 g/mol. The molecule has 0 bridgehead atoms. The van der Waals surface area contributed by atoms with Crippen molar-refractivity contribution in [1.29, 1.82) is 0 Å². The van der Waals surface area contributed by atoms with Crippen LogP contribution in [0.5, 0.6) is 5.75 Å². The van der Waals surface area contributed by atoms with Crippen LogP contribution in [0.2, 0.25) is 5.02 Å². The van der Waals surface area contributed by atoms with Gasteiger partial charge in [0, 0.05) is 17.4 Å². The molecular formula is C19H19ClN2O2. The van der Waals surface area contributed by atoms with Crippen molar-refractivity contribution >= 4 is 11.6 Å². The minimum absolute atomic E-state index is 0.121. The number of benzene rings is 2. The third kappa shape index (κ3) is 4.37. The number of nitrogens with zero attached hydrogens (tertiary/aromatic N) is 2. The molecule has 2 aromatic carbocycles. The van der Waals surface area contributed by atoms with Gasteiger partial charge in [0.2, 0.25) is 0 Å². The Kier molecular flexibility index (Phi) is 5.51. The summed E-state index contributed by atoms with van der Waals surface area (Å²) in [7, 11) is 1.66. The molecule has 0 aliphatic heterocycles. The quantitative estimate of drug-likeness (QED) is 0.634. The molecule has 0 radical (unpaired) electrons. The van der Waals surface area contributed by atoms with Crippen molar-refractivity contribution in [3.63, 3.8) is 0 Å². The van der Waals surface area contributed by atoms with E-state index in [0.717, 1.165) is 16.9 Å². The van der Waals surface area contributed by atoms with Crippen LogP contribution in [-0.2, 0) is 17.9 Å². The van der Waals surface area contributed by atoms with Gasteiger partial charge >= 0.3 is 0 Å². The Morgan fingerprint density at radius 3 is 2.79 bits per heavy atom. The normalized spacial score (nSPS) is 12.1. The summed E-state index contributed by atoms with van der Waals surface area (Å²) in [5, 5.41) is 0.702. The van der Waals surface area contributed by atoms with Gasteiger partial charge in [-0.2, -0.15) is 0 Å². The Morgan fingerprint density at radius 1 is 1.17 bits per heavy atom. The molecule has 0 amide bonds. The fraction of sp³-hybridized carbons (Fsp3) is 0.211. The molecule has 0 fully saturated rings. The molecule has 124 valence electrons. The molecule has 1 atom stereocenters. The molecule has 3 aromatic rings. The molecule has 1 unspecified atom stereocenters. The molecule has 3 rings (SSSR count). The highest BCUT2D eigenvalue weighted by Crippen LogP contribution is 2.24. The first-order chi connectivity index (χ1) is 11.7. The van der Waals surface area contributed by atoms with E-state index in [9.17, 15) is 0 Å². The fourth-order valence-corrected chi connectivity index (χ4v) is 2.71. The number of hydrogen-bond donors (Lipinski definition) is 0. The summed E-state index contributed by atoms with van der Waals surface area (Å²) in [6.45, 7) is 1.16. The maximum absolute atomic E-state index is 6.18. The first-order valence-corrected chi connectivity index (χ1v) is 8.08. The highest BCUT2D eigenvalue weighted by Gasteiger charge is 2.14. The van der Waals surface area contributed by atoms with Gasteiger partial charge in [0.05, 0.1) is 26.6 Å². The maximum atomic E-state index is 6.18. The maximum Gasteiger partial charge on any atom is 0.119 e. The molecule has 0 saturated carbocycles. The van der Waals surface area contributed by atoms with Gasteiger partial charge in [-0.05, 0) is 35.4 Å². The average Bonchev–Trinajstić information content (AvgIpc) is 3.12. The zero-order valence-electron chi connectivity index (χ0n) is 13.4. The van der Waals surface area contributed by atoms with Gasteiger partial charge in [-0.25, -0.2) is 4.98 Å². The Morgan fingerprint density at radius 2 is 2.04 bits per heavy atom. The second kappa shape index (κ2) is 7.99. The van der Waals surface area contributed by atoms with E-state index in [1.807, 2.05) is 59.3 Å². The number of imidazole rings is 1. The van der Waals surface area contributed by atoms with E-state index in [1.54, 1.807) is 19.6 Å². The fourth-order valence-electron chi connectivity index (χ4n) is 2.51. The summed E-state index contributed by atoms with van der Waals surface area (Å²) in [5.41, 5.74) is 2.10. The van der Waals surface area contributed by atoms with Crippen molar-refractivity contribution in [2.24, 2.45) is 0 Å². The van der Waals surface area contributed by atoms with Crippen LogP contribution in [0.3, 0.4) is 0 Å². The number of ether oxygens (including phenoxy) is 2. The van der Waals surface area contributed by atoms with Crippen LogP contribution >= 0.6 is 11.6 Å². The monoisotopic (exact) mass is 342 g/mol. The smallest absolute Gasteiger partial charge is 0.119 e. The van der Waals surface area contributed by atoms with Crippen molar-refractivity contribution in [2.45, 2.75) is 19.3 Å². The van der Waals surface area contributed by atoms with Crippen LogP contribution in [0, 0.1) is 0 Å². The number of aromatic nitrogens is 2. The predicted molar refractivity (Wildman–Crippen MR) is 94.2 cm³/mol. The summed E-state index contributed by atoms with van der Waals surface area (Å²) in [6, 6.07) is 15.6. The minimum atomic E-state index is -0.121. The van der Waals surface area contributed by atoms with E-state index in [4.69, 9.17) is 21.1 Å². The third-order valence-corrected chi connectivity index (χ3v) is 3.98.